The zero-order chi connectivity index (χ0) is 24.9. The fraction of sp³-hybridized carbons (Fsp3) is 0.357. The molecule has 1 amide bonds. The predicted molar refractivity (Wildman–Crippen MR) is 132 cm³/mol. The Morgan fingerprint density at radius 1 is 1.14 bits per heavy atom. The average Bonchev–Trinajstić information content (AvgIpc) is 2.88. The summed E-state index contributed by atoms with van der Waals surface area (Å²) in [5.41, 5.74) is 3.97. The second kappa shape index (κ2) is 10.9. The van der Waals surface area contributed by atoms with Crippen LogP contribution in [0.25, 0.3) is 11.3 Å². The van der Waals surface area contributed by atoms with Crippen LogP contribution in [0.4, 0.5) is 0 Å². The molecule has 36 heavy (non-hydrogen) atoms. The standard InChI is InChI=1S/C28H28N4O4/c29-16-22-15-21(4-5-26(22)36-24-7-10-35-11-8-24)25-6-9-30-27(31-25)13-19-2-1-3-20(12-19)14-28(34)32-17-23(33)18-32/h1-6,9,12,15,23-24,33H,7-8,10-11,13-14,17-18H2. The number of aliphatic hydroxyl groups is 1. The van der Waals surface area contributed by atoms with E-state index in [1.807, 2.05) is 42.5 Å². The molecule has 2 aromatic carbocycles. The van der Waals surface area contributed by atoms with Crippen LogP contribution in [-0.4, -0.2) is 64.4 Å². The molecule has 0 unspecified atom stereocenters. The van der Waals surface area contributed by atoms with E-state index in [2.05, 4.69) is 11.1 Å². The number of aliphatic hydroxyl groups excluding tert-OH is 1. The van der Waals surface area contributed by atoms with E-state index < -0.39 is 6.10 Å². The Hall–Kier alpha value is -3.80. The van der Waals surface area contributed by atoms with Gasteiger partial charge < -0.3 is 19.5 Å². The molecule has 0 aliphatic carbocycles. The van der Waals surface area contributed by atoms with Crippen LogP contribution >= 0.6 is 0 Å². The van der Waals surface area contributed by atoms with Gasteiger partial charge in [-0.2, -0.15) is 5.26 Å². The lowest BCUT2D eigenvalue weighted by molar-refractivity contribution is -0.140. The molecule has 0 radical (unpaired) electrons. The Morgan fingerprint density at radius 2 is 1.94 bits per heavy atom. The van der Waals surface area contributed by atoms with E-state index in [4.69, 9.17) is 14.5 Å². The molecule has 0 atom stereocenters. The average molecular weight is 485 g/mol. The fourth-order valence-corrected chi connectivity index (χ4v) is 4.48. The molecular weight excluding hydrogens is 456 g/mol. The third-order valence-electron chi connectivity index (χ3n) is 6.49. The number of benzene rings is 2. The Balaban J connectivity index is 1.28. The lowest BCUT2D eigenvalue weighted by Crippen LogP contribution is -2.53. The van der Waals surface area contributed by atoms with Crippen molar-refractivity contribution in [2.75, 3.05) is 26.3 Å². The topological polar surface area (TPSA) is 109 Å². The smallest absolute Gasteiger partial charge is 0.227 e. The van der Waals surface area contributed by atoms with Gasteiger partial charge >= 0.3 is 0 Å². The number of rotatable bonds is 7. The number of β-amino-alcohol motifs (C(OH)–C–C–N with tert-alkyl or cyclic N) is 1. The van der Waals surface area contributed by atoms with Gasteiger partial charge in [0.1, 0.15) is 23.7 Å². The van der Waals surface area contributed by atoms with Gasteiger partial charge in [0.25, 0.3) is 0 Å². The molecule has 184 valence electrons. The van der Waals surface area contributed by atoms with Crippen molar-refractivity contribution < 1.29 is 19.4 Å². The number of aromatic nitrogens is 2. The fourth-order valence-electron chi connectivity index (χ4n) is 4.48. The Labute approximate surface area is 210 Å². The number of nitrogens with zero attached hydrogens (tertiary/aromatic N) is 4. The Kier molecular flexibility index (Phi) is 7.21. The number of ether oxygens (including phenoxy) is 2. The molecule has 1 N–H and O–H groups in total. The van der Waals surface area contributed by atoms with Gasteiger partial charge in [0.15, 0.2) is 0 Å². The van der Waals surface area contributed by atoms with Crippen LogP contribution in [0.2, 0.25) is 0 Å². The lowest BCUT2D eigenvalue weighted by atomic mass is 10.0. The van der Waals surface area contributed by atoms with E-state index >= 15 is 0 Å². The van der Waals surface area contributed by atoms with Crippen molar-refractivity contribution in [1.29, 1.82) is 5.26 Å². The molecule has 0 saturated carbocycles. The number of carbonyl (C=O) groups excluding carboxylic acids is 1. The van der Waals surface area contributed by atoms with Gasteiger partial charge in [-0.05, 0) is 35.4 Å². The summed E-state index contributed by atoms with van der Waals surface area (Å²) in [5.74, 6) is 1.26. The highest BCUT2D eigenvalue weighted by Crippen LogP contribution is 2.27. The van der Waals surface area contributed by atoms with Gasteiger partial charge in [-0.15, -0.1) is 0 Å². The van der Waals surface area contributed by atoms with Crippen molar-refractivity contribution in [2.24, 2.45) is 0 Å². The quantitative estimate of drug-likeness (QED) is 0.549. The van der Waals surface area contributed by atoms with Crippen LogP contribution in [-0.2, 0) is 22.4 Å². The predicted octanol–water partition coefficient (Wildman–Crippen LogP) is 2.91. The van der Waals surface area contributed by atoms with E-state index in [0.29, 0.717) is 56.3 Å². The molecule has 2 aliphatic heterocycles. The molecule has 8 nitrogen and oxygen atoms in total. The Morgan fingerprint density at radius 3 is 2.72 bits per heavy atom. The molecule has 5 rings (SSSR count). The van der Waals surface area contributed by atoms with Crippen LogP contribution in [0.5, 0.6) is 5.75 Å². The zero-order valence-corrected chi connectivity index (χ0v) is 20.0. The van der Waals surface area contributed by atoms with Crippen molar-refractivity contribution in [3.63, 3.8) is 0 Å². The number of nitriles is 1. The number of hydrogen-bond acceptors (Lipinski definition) is 7. The van der Waals surface area contributed by atoms with E-state index in [1.165, 1.54) is 0 Å². The van der Waals surface area contributed by atoms with Gasteiger partial charge in [-0.1, -0.05) is 24.3 Å². The van der Waals surface area contributed by atoms with E-state index in [9.17, 15) is 15.2 Å². The highest BCUT2D eigenvalue weighted by molar-refractivity contribution is 5.79. The van der Waals surface area contributed by atoms with E-state index in [0.717, 1.165) is 35.2 Å². The molecule has 3 aromatic rings. The molecule has 3 heterocycles. The van der Waals surface area contributed by atoms with E-state index in [-0.39, 0.29) is 12.0 Å². The molecule has 1 aromatic heterocycles. The van der Waals surface area contributed by atoms with Gasteiger partial charge in [0.05, 0.1) is 37.0 Å². The van der Waals surface area contributed by atoms with Crippen molar-refractivity contribution in [2.45, 2.75) is 37.9 Å². The third-order valence-corrected chi connectivity index (χ3v) is 6.49. The van der Waals surface area contributed by atoms with Gasteiger partial charge in [0.2, 0.25) is 5.91 Å². The summed E-state index contributed by atoms with van der Waals surface area (Å²) in [6.07, 6.45) is 3.85. The van der Waals surface area contributed by atoms with Crippen LogP contribution in [0, 0.1) is 11.3 Å². The first-order valence-electron chi connectivity index (χ1n) is 12.2. The van der Waals surface area contributed by atoms with Crippen molar-refractivity contribution in [3.05, 3.63) is 77.2 Å². The lowest BCUT2D eigenvalue weighted by Gasteiger charge is -2.35. The SMILES string of the molecule is N#Cc1cc(-c2ccnc(Cc3cccc(CC(=O)N4CC(O)C4)c3)n2)ccc1OC1CCOCC1. The van der Waals surface area contributed by atoms with Gasteiger partial charge in [-0.3, -0.25) is 4.79 Å². The van der Waals surface area contributed by atoms with E-state index in [1.54, 1.807) is 17.2 Å². The van der Waals surface area contributed by atoms with Crippen molar-refractivity contribution in [1.82, 2.24) is 14.9 Å². The highest BCUT2D eigenvalue weighted by Gasteiger charge is 2.28. The first kappa shape index (κ1) is 23.9. The molecule has 0 spiro atoms. The maximum Gasteiger partial charge on any atom is 0.227 e. The van der Waals surface area contributed by atoms with Crippen molar-refractivity contribution in [3.8, 4) is 23.1 Å². The number of amides is 1. The summed E-state index contributed by atoms with van der Waals surface area (Å²) < 4.78 is 11.4. The number of likely N-dealkylation sites (tertiary alicyclic amines) is 1. The van der Waals surface area contributed by atoms with Crippen LogP contribution in [0.3, 0.4) is 0 Å². The highest BCUT2D eigenvalue weighted by atomic mass is 16.5. The Bertz CT molecular complexity index is 1280. The minimum Gasteiger partial charge on any atom is -0.489 e. The summed E-state index contributed by atoms with van der Waals surface area (Å²) in [6.45, 7) is 2.18. The summed E-state index contributed by atoms with van der Waals surface area (Å²) in [5, 5.41) is 19.1. The van der Waals surface area contributed by atoms with Gasteiger partial charge in [-0.25, -0.2) is 9.97 Å². The van der Waals surface area contributed by atoms with Crippen LogP contribution < -0.4 is 4.74 Å². The van der Waals surface area contributed by atoms with Crippen LogP contribution in [0.15, 0.2) is 54.7 Å². The zero-order valence-electron chi connectivity index (χ0n) is 20.0. The maximum absolute atomic E-state index is 12.4. The first-order valence-corrected chi connectivity index (χ1v) is 12.2. The summed E-state index contributed by atoms with van der Waals surface area (Å²) >= 11 is 0. The summed E-state index contributed by atoms with van der Waals surface area (Å²) in [4.78, 5) is 23.2. The summed E-state index contributed by atoms with van der Waals surface area (Å²) in [7, 11) is 0. The summed E-state index contributed by atoms with van der Waals surface area (Å²) in [6, 6.07) is 17.5. The molecule has 2 aliphatic rings. The second-order valence-corrected chi connectivity index (χ2v) is 9.24. The third kappa shape index (κ3) is 5.70. The first-order chi connectivity index (χ1) is 17.6. The van der Waals surface area contributed by atoms with Gasteiger partial charge in [0, 0.05) is 44.1 Å². The van der Waals surface area contributed by atoms with Crippen molar-refractivity contribution >= 4 is 5.91 Å². The monoisotopic (exact) mass is 484 g/mol. The molecular formula is C28H28N4O4. The normalized spacial score (nSPS) is 16.3. The molecule has 2 saturated heterocycles. The second-order valence-electron chi connectivity index (χ2n) is 9.24. The minimum absolute atomic E-state index is 0.0215. The number of carbonyl (C=O) groups is 1. The van der Waals surface area contributed by atoms with Crippen LogP contribution in [0.1, 0.15) is 35.4 Å². The molecule has 0 bridgehead atoms. The minimum atomic E-state index is -0.398. The molecule has 2 fully saturated rings. The number of hydrogen-bond donors (Lipinski definition) is 1. The maximum atomic E-state index is 12.4. The largest absolute Gasteiger partial charge is 0.489 e. The molecule has 8 heteroatoms.